The van der Waals surface area contributed by atoms with Crippen LogP contribution < -0.4 is 11.3 Å². The van der Waals surface area contributed by atoms with Gasteiger partial charge >= 0.3 is 0 Å². The SMILES string of the molecule is CCc1csc([C@@](C)(O)C(=O)NN)n1. The number of hydrogen-bond acceptors (Lipinski definition) is 5. The minimum Gasteiger partial charge on any atom is -0.374 e. The fraction of sp³-hybridized carbons (Fsp3) is 0.500. The molecule has 0 aliphatic rings. The van der Waals surface area contributed by atoms with Gasteiger partial charge in [0.1, 0.15) is 5.01 Å². The Labute approximate surface area is 85.9 Å². The van der Waals surface area contributed by atoms with Crippen molar-refractivity contribution >= 4 is 17.2 Å². The lowest BCUT2D eigenvalue weighted by molar-refractivity contribution is -0.139. The maximum absolute atomic E-state index is 11.2. The quantitative estimate of drug-likeness (QED) is 0.373. The van der Waals surface area contributed by atoms with Gasteiger partial charge in [0.25, 0.3) is 5.91 Å². The lowest BCUT2D eigenvalue weighted by Gasteiger charge is -2.17. The lowest BCUT2D eigenvalue weighted by Crippen LogP contribution is -2.45. The van der Waals surface area contributed by atoms with Crippen LogP contribution in [-0.4, -0.2) is 16.0 Å². The molecule has 1 aromatic heterocycles. The molecule has 0 radical (unpaired) electrons. The second kappa shape index (κ2) is 4.04. The Morgan fingerprint density at radius 3 is 2.93 bits per heavy atom. The number of aromatic nitrogens is 1. The maximum Gasteiger partial charge on any atom is 0.272 e. The third-order valence-corrected chi connectivity index (χ3v) is 3.01. The van der Waals surface area contributed by atoms with Crippen molar-refractivity contribution in [3.63, 3.8) is 0 Å². The van der Waals surface area contributed by atoms with Crippen LogP contribution in [0.2, 0.25) is 0 Å². The summed E-state index contributed by atoms with van der Waals surface area (Å²) in [4.78, 5) is 15.3. The standard InChI is InChI=1S/C8H13N3O2S/c1-3-5-4-14-7(10-5)8(2,13)6(12)11-9/h4,13H,3,9H2,1-2H3,(H,11,12)/t8-/m0/s1. The maximum atomic E-state index is 11.2. The molecule has 1 rings (SSSR count). The summed E-state index contributed by atoms with van der Waals surface area (Å²) in [5.41, 5.74) is 1.12. The van der Waals surface area contributed by atoms with Crippen molar-refractivity contribution in [1.29, 1.82) is 0 Å². The van der Waals surface area contributed by atoms with E-state index in [4.69, 9.17) is 5.84 Å². The van der Waals surface area contributed by atoms with Gasteiger partial charge in [0.2, 0.25) is 0 Å². The molecule has 0 spiro atoms. The van der Waals surface area contributed by atoms with Crippen molar-refractivity contribution < 1.29 is 9.90 Å². The van der Waals surface area contributed by atoms with Crippen LogP contribution in [0.4, 0.5) is 0 Å². The number of hydrogen-bond donors (Lipinski definition) is 3. The first-order valence-corrected chi connectivity index (χ1v) is 5.08. The van der Waals surface area contributed by atoms with Crippen LogP contribution >= 0.6 is 11.3 Å². The van der Waals surface area contributed by atoms with Gasteiger partial charge in [0.15, 0.2) is 5.60 Å². The minimum absolute atomic E-state index is 0.359. The van der Waals surface area contributed by atoms with Gasteiger partial charge in [-0.3, -0.25) is 10.2 Å². The number of hydrazine groups is 1. The normalized spacial score (nSPS) is 14.9. The molecule has 6 heteroatoms. The molecule has 78 valence electrons. The number of rotatable bonds is 3. The van der Waals surface area contributed by atoms with E-state index in [-0.39, 0.29) is 0 Å². The molecule has 0 aromatic carbocycles. The molecule has 0 bridgehead atoms. The van der Waals surface area contributed by atoms with Crippen molar-refractivity contribution in [2.75, 3.05) is 0 Å². The number of carbonyl (C=O) groups is 1. The highest BCUT2D eigenvalue weighted by molar-refractivity contribution is 7.10. The number of thiazole rings is 1. The summed E-state index contributed by atoms with van der Waals surface area (Å²) in [7, 11) is 0. The molecular formula is C8H13N3O2S. The Balaban J connectivity index is 2.97. The predicted molar refractivity (Wildman–Crippen MR) is 53.4 cm³/mol. The zero-order chi connectivity index (χ0) is 10.8. The topological polar surface area (TPSA) is 88.2 Å². The number of amides is 1. The van der Waals surface area contributed by atoms with Crippen LogP contribution in [0.25, 0.3) is 0 Å². The molecule has 5 nitrogen and oxygen atoms in total. The highest BCUT2D eigenvalue weighted by atomic mass is 32.1. The molecule has 0 saturated carbocycles. The van der Waals surface area contributed by atoms with Crippen molar-refractivity contribution in [1.82, 2.24) is 10.4 Å². The molecular weight excluding hydrogens is 202 g/mol. The van der Waals surface area contributed by atoms with E-state index in [2.05, 4.69) is 4.98 Å². The van der Waals surface area contributed by atoms with Crippen LogP contribution in [-0.2, 0) is 16.8 Å². The molecule has 14 heavy (non-hydrogen) atoms. The average molecular weight is 215 g/mol. The molecule has 4 N–H and O–H groups in total. The molecule has 1 atom stereocenters. The van der Waals surface area contributed by atoms with Crippen LogP contribution in [0.1, 0.15) is 24.5 Å². The molecule has 0 saturated heterocycles. The molecule has 0 fully saturated rings. The molecule has 1 aromatic rings. The first-order chi connectivity index (χ1) is 6.52. The molecule has 1 amide bonds. The van der Waals surface area contributed by atoms with Crippen molar-refractivity contribution in [2.45, 2.75) is 25.9 Å². The van der Waals surface area contributed by atoms with E-state index in [0.29, 0.717) is 5.01 Å². The second-order valence-electron chi connectivity index (χ2n) is 3.04. The number of aliphatic hydroxyl groups is 1. The first kappa shape index (κ1) is 11.1. The highest BCUT2D eigenvalue weighted by Crippen LogP contribution is 2.24. The monoisotopic (exact) mass is 215 g/mol. The minimum atomic E-state index is -1.65. The largest absolute Gasteiger partial charge is 0.374 e. The van der Waals surface area contributed by atoms with Gasteiger partial charge in [0.05, 0.1) is 5.69 Å². The Hall–Kier alpha value is -0.980. The van der Waals surface area contributed by atoms with E-state index in [1.807, 2.05) is 17.7 Å². The summed E-state index contributed by atoms with van der Waals surface area (Å²) >= 11 is 1.25. The summed E-state index contributed by atoms with van der Waals surface area (Å²) in [5, 5.41) is 12.0. The highest BCUT2D eigenvalue weighted by Gasteiger charge is 2.34. The van der Waals surface area contributed by atoms with E-state index in [1.54, 1.807) is 0 Å². The van der Waals surface area contributed by atoms with Gasteiger partial charge in [-0.1, -0.05) is 6.92 Å². The molecule has 0 aliphatic carbocycles. The van der Waals surface area contributed by atoms with Crippen molar-refractivity contribution in [3.8, 4) is 0 Å². The Kier molecular flexibility index (Phi) is 3.20. The molecule has 0 unspecified atom stereocenters. The van der Waals surface area contributed by atoms with E-state index in [9.17, 15) is 9.90 Å². The Morgan fingerprint density at radius 1 is 1.86 bits per heavy atom. The lowest BCUT2D eigenvalue weighted by atomic mass is 10.1. The van der Waals surface area contributed by atoms with Crippen LogP contribution in [0.3, 0.4) is 0 Å². The summed E-state index contributed by atoms with van der Waals surface area (Å²) in [6.45, 7) is 3.32. The fourth-order valence-corrected chi connectivity index (χ4v) is 1.89. The summed E-state index contributed by atoms with van der Waals surface area (Å²) < 4.78 is 0. The van der Waals surface area contributed by atoms with Gasteiger partial charge in [0, 0.05) is 5.38 Å². The van der Waals surface area contributed by atoms with Crippen molar-refractivity contribution in [2.24, 2.45) is 5.84 Å². The third-order valence-electron chi connectivity index (χ3n) is 1.90. The van der Waals surface area contributed by atoms with Gasteiger partial charge in [-0.25, -0.2) is 10.8 Å². The number of aryl methyl sites for hydroxylation is 1. The first-order valence-electron chi connectivity index (χ1n) is 4.20. The van der Waals surface area contributed by atoms with E-state index >= 15 is 0 Å². The smallest absolute Gasteiger partial charge is 0.272 e. The van der Waals surface area contributed by atoms with E-state index in [1.165, 1.54) is 18.3 Å². The zero-order valence-electron chi connectivity index (χ0n) is 8.07. The molecule has 0 aliphatic heterocycles. The van der Waals surface area contributed by atoms with Gasteiger partial charge < -0.3 is 5.11 Å². The predicted octanol–water partition coefficient (Wildman–Crippen LogP) is -0.0971. The van der Waals surface area contributed by atoms with Crippen LogP contribution in [0.5, 0.6) is 0 Å². The van der Waals surface area contributed by atoms with Gasteiger partial charge in [-0.05, 0) is 13.3 Å². The van der Waals surface area contributed by atoms with Crippen LogP contribution in [0.15, 0.2) is 5.38 Å². The van der Waals surface area contributed by atoms with Gasteiger partial charge in [-0.2, -0.15) is 0 Å². The number of nitrogens with zero attached hydrogens (tertiary/aromatic N) is 1. The summed E-state index contributed by atoms with van der Waals surface area (Å²) in [6, 6.07) is 0. The number of nitrogens with one attached hydrogen (secondary N) is 1. The fourth-order valence-electron chi connectivity index (χ4n) is 0.931. The van der Waals surface area contributed by atoms with Crippen LogP contribution in [0, 0.1) is 0 Å². The summed E-state index contributed by atoms with van der Waals surface area (Å²) in [5.74, 6) is 4.29. The Morgan fingerprint density at radius 2 is 2.50 bits per heavy atom. The van der Waals surface area contributed by atoms with Gasteiger partial charge in [-0.15, -0.1) is 11.3 Å². The number of nitrogens with two attached hydrogens (primary N) is 1. The molecule has 1 heterocycles. The Bertz CT molecular complexity index is 335. The third kappa shape index (κ3) is 1.92. The van der Waals surface area contributed by atoms with Crippen molar-refractivity contribution in [3.05, 3.63) is 16.1 Å². The van der Waals surface area contributed by atoms with E-state index < -0.39 is 11.5 Å². The average Bonchev–Trinajstić information content (AvgIpc) is 2.65. The van der Waals surface area contributed by atoms with E-state index in [0.717, 1.165) is 12.1 Å². The second-order valence-corrected chi connectivity index (χ2v) is 3.90. The number of carbonyl (C=O) groups excluding carboxylic acids is 1. The summed E-state index contributed by atoms with van der Waals surface area (Å²) in [6.07, 6.45) is 0.775. The zero-order valence-corrected chi connectivity index (χ0v) is 8.89.